The molecule has 0 saturated carbocycles. The Morgan fingerprint density at radius 1 is 1.03 bits per heavy atom. The Balaban J connectivity index is 1.38. The quantitative estimate of drug-likeness (QED) is 0.514. The molecule has 0 bridgehead atoms. The summed E-state index contributed by atoms with van der Waals surface area (Å²) in [5.74, 6) is -1.26. The Morgan fingerprint density at radius 3 is 2.61 bits per heavy atom. The fourth-order valence-electron chi connectivity index (χ4n) is 4.04. The maximum Gasteiger partial charge on any atom is 0.451 e. The molecule has 168 valence electrons. The van der Waals surface area contributed by atoms with E-state index in [4.69, 9.17) is 0 Å². The summed E-state index contributed by atoms with van der Waals surface area (Å²) in [6, 6.07) is 14.1. The number of amides is 1. The molecule has 1 aliphatic rings. The van der Waals surface area contributed by atoms with Crippen molar-refractivity contribution in [3.05, 3.63) is 87.4 Å². The third kappa shape index (κ3) is 3.86. The highest BCUT2D eigenvalue weighted by atomic mass is 19.4. The normalized spacial score (nSPS) is 13.8. The smallest absolute Gasteiger partial charge is 0.329 e. The molecule has 0 unspecified atom stereocenters. The van der Waals surface area contributed by atoms with Crippen LogP contribution in [0.25, 0.3) is 10.8 Å². The van der Waals surface area contributed by atoms with Gasteiger partial charge in [0.2, 0.25) is 5.82 Å². The van der Waals surface area contributed by atoms with Gasteiger partial charge in [0.05, 0.1) is 17.6 Å². The molecule has 8 nitrogen and oxygen atoms in total. The minimum atomic E-state index is -4.59. The molecule has 1 aliphatic heterocycles. The molecule has 5 rings (SSSR count). The highest BCUT2D eigenvalue weighted by Crippen LogP contribution is 2.29. The van der Waals surface area contributed by atoms with Gasteiger partial charge in [0.25, 0.3) is 11.5 Å². The minimum Gasteiger partial charge on any atom is -0.329 e. The lowest BCUT2D eigenvalue weighted by Gasteiger charge is -2.28. The van der Waals surface area contributed by atoms with Crippen molar-refractivity contribution in [2.24, 2.45) is 0 Å². The maximum atomic E-state index is 13.1. The van der Waals surface area contributed by atoms with Gasteiger partial charge in [0, 0.05) is 30.5 Å². The molecule has 0 radical (unpaired) electrons. The summed E-state index contributed by atoms with van der Waals surface area (Å²) in [5, 5.41) is 14.8. The van der Waals surface area contributed by atoms with Crippen LogP contribution in [-0.4, -0.2) is 42.3 Å². The van der Waals surface area contributed by atoms with Crippen molar-refractivity contribution in [2.75, 3.05) is 6.54 Å². The van der Waals surface area contributed by atoms with Crippen molar-refractivity contribution in [2.45, 2.75) is 25.7 Å². The Morgan fingerprint density at radius 2 is 1.82 bits per heavy atom. The molecular formula is C22H17F3N6O2. The van der Waals surface area contributed by atoms with Crippen molar-refractivity contribution in [1.29, 1.82) is 0 Å². The van der Waals surface area contributed by atoms with E-state index >= 15 is 0 Å². The van der Waals surface area contributed by atoms with Gasteiger partial charge in [0.15, 0.2) is 5.82 Å². The molecule has 3 heterocycles. The largest absolute Gasteiger partial charge is 0.451 e. The first-order valence-corrected chi connectivity index (χ1v) is 10.1. The van der Waals surface area contributed by atoms with Gasteiger partial charge in [-0.05, 0) is 23.8 Å². The van der Waals surface area contributed by atoms with Crippen molar-refractivity contribution in [3.63, 3.8) is 0 Å². The van der Waals surface area contributed by atoms with Gasteiger partial charge in [-0.1, -0.05) is 30.3 Å². The van der Waals surface area contributed by atoms with Crippen molar-refractivity contribution in [3.8, 4) is 0 Å². The lowest BCUT2D eigenvalue weighted by atomic mass is 10.0. The lowest BCUT2D eigenvalue weighted by molar-refractivity contribution is -0.147. The first kappa shape index (κ1) is 20.9. The van der Waals surface area contributed by atoms with Gasteiger partial charge in [0.1, 0.15) is 0 Å². The van der Waals surface area contributed by atoms with E-state index in [2.05, 4.69) is 20.4 Å². The average molecular weight is 454 g/mol. The number of alkyl halides is 3. The topological polar surface area (TPSA) is 96.8 Å². The van der Waals surface area contributed by atoms with Gasteiger partial charge in [-0.25, -0.2) is 5.10 Å². The van der Waals surface area contributed by atoms with Crippen LogP contribution in [0.1, 0.15) is 33.3 Å². The first-order valence-electron chi connectivity index (χ1n) is 10.1. The molecule has 4 aromatic rings. The number of halogens is 3. The highest BCUT2D eigenvalue weighted by molar-refractivity contribution is 5.94. The molecule has 0 aliphatic carbocycles. The zero-order chi connectivity index (χ0) is 23.2. The van der Waals surface area contributed by atoms with Crippen LogP contribution in [0.4, 0.5) is 13.2 Å². The fourth-order valence-corrected chi connectivity index (χ4v) is 4.04. The molecule has 11 heteroatoms. The van der Waals surface area contributed by atoms with Gasteiger partial charge in [-0.15, -0.1) is 10.2 Å². The number of fused-ring (bicyclic) bond motifs is 2. The van der Waals surface area contributed by atoms with Crippen molar-refractivity contribution < 1.29 is 18.0 Å². The number of benzene rings is 2. The second kappa shape index (κ2) is 7.84. The van der Waals surface area contributed by atoms with Crippen LogP contribution in [0, 0.1) is 0 Å². The van der Waals surface area contributed by atoms with E-state index in [1.165, 1.54) is 4.90 Å². The van der Waals surface area contributed by atoms with Gasteiger partial charge < -0.3 is 9.47 Å². The Labute approximate surface area is 184 Å². The van der Waals surface area contributed by atoms with Gasteiger partial charge in [-0.3, -0.25) is 9.59 Å². The zero-order valence-electron chi connectivity index (χ0n) is 17.1. The molecule has 0 saturated heterocycles. The fraction of sp³-hybridized carbons (Fsp3) is 0.227. The predicted octanol–water partition coefficient (Wildman–Crippen LogP) is 2.78. The van der Waals surface area contributed by atoms with Crippen LogP contribution in [0.2, 0.25) is 0 Å². The third-order valence-corrected chi connectivity index (χ3v) is 5.61. The number of H-pyrrole nitrogens is 1. The number of rotatable bonds is 3. The standard InChI is InChI=1S/C22H17F3N6O2/c23-22(24,25)21-29-27-18-12-30(8-9-31(18)21)20(33)14-5-3-4-13(10-14)11-17-15-6-1-2-7-16(15)19(32)28-26-17/h1-7,10H,8-9,11-12H2,(H,28,32). The Kier molecular flexibility index (Phi) is 4.95. The molecule has 1 N–H and O–H groups in total. The predicted molar refractivity (Wildman–Crippen MR) is 111 cm³/mol. The third-order valence-electron chi connectivity index (χ3n) is 5.61. The Bertz CT molecular complexity index is 1430. The first-order chi connectivity index (χ1) is 15.8. The number of nitrogens with zero attached hydrogens (tertiary/aromatic N) is 5. The van der Waals surface area contributed by atoms with E-state index in [1.807, 2.05) is 18.2 Å². The van der Waals surface area contributed by atoms with Crippen molar-refractivity contribution in [1.82, 2.24) is 29.9 Å². The molecule has 2 aromatic heterocycles. The molecule has 1 amide bonds. The molecule has 0 spiro atoms. The van der Waals surface area contributed by atoms with Gasteiger partial charge >= 0.3 is 6.18 Å². The molecule has 0 atom stereocenters. The van der Waals surface area contributed by atoms with Crippen LogP contribution in [0.15, 0.2) is 53.3 Å². The summed E-state index contributed by atoms with van der Waals surface area (Å²) in [5.41, 5.74) is 1.61. The van der Waals surface area contributed by atoms with Crippen LogP contribution < -0.4 is 5.56 Å². The summed E-state index contributed by atoms with van der Waals surface area (Å²) >= 11 is 0. The number of carbonyl (C=O) groups excluding carboxylic acids is 1. The van der Waals surface area contributed by atoms with Crippen LogP contribution >= 0.6 is 0 Å². The second-order valence-electron chi connectivity index (χ2n) is 7.74. The summed E-state index contributed by atoms with van der Waals surface area (Å²) in [7, 11) is 0. The minimum absolute atomic E-state index is 0.0318. The number of carbonyl (C=O) groups is 1. The molecular weight excluding hydrogens is 437 g/mol. The average Bonchev–Trinajstić information content (AvgIpc) is 3.25. The van der Waals surface area contributed by atoms with E-state index in [0.717, 1.165) is 15.5 Å². The van der Waals surface area contributed by atoms with Gasteiger partial charge in [-0.2, -0.15) is 18.3 Å². The number of aromatic nitrogens is 5. The van der Waals surface area contributed by atoms with Crippen LogP contribution in [0.5, 0.6) is 0 Å². The molecule has 0 fully saturated rings. The van der Waals surface area contributed by atoms with Crippen LogP contribution in [0.3, 0.4) is 0 Å². The van der Waals surface area contributed by atoms with E-state index < -0.39 is 12.0 Å². The van der Waals surface area contributed by atoms with Crippen LogP contribution in [-0.2, 0) is 25.7 Å². The number of nitrogens with one attached hydrogen (secondary N) is 1. The lowest BCUT2D eigenvalue weighted by Crippen LogP contribution is -2.39. The summed E-state index contributed by atoms with van der Waals surface area (Å²) < 4.78 is 40.1. The summed E-state index contributed by atoms with van der Waals surface area (Å²) in [4.78, 5) is 26.5. The zero-order valence-corrected chi connectivity index (χ0v) is 17.1. The summed E-state index contributed by atoms with van der Waals surface area (Å²) in [6.07, 6.45) is -4.20. The second-order valence-corrected chi connectivity index (χ2v) is 7.74. The number of aromatic amines is 1. The molecule has 2 aromatic carbocycles. The summed E-state index contributed by atoms with van der Waals surface area (Å²) in [6.45, 7) is 0.0252. The monoisotopic (exact) mass is 454 g/mol. The van der Waals surface area contributed by atoms with Crippen molar-refractivity contribution >= 4 is 16.7 Å². The van der Waals surface area contributed by atoms with E-state index in [1.54, 1.807) is 30.3 Å². The highest BCUT2D eigenvalue weighted by Gasteiger charge is 2.40. The number of hydrogen-bond donors (Lipinski definition) is 1. The van der Waals surface area contributed by atoms with E-state index in [-0.39, 0.29) is 36.9 Å². The maximum absolute atomic E-state index is 13.1. The van der Waals surface area contributed by atoms with E-state index in [9.17, 15) is 22.8 Å². The molecule has 33 heavy (non-hydrogen) atoms. The number of hydrogen-bond acceptors (Lipinski definition) is 5. The SMILES string of the molecule is O=C(c1cccc(Cc2n[nH]c(=O)c3ccccc23)c1)N1CCn2c(nnc2C(F)(F)F)C1. The Hall–Kier alpha value is -4.02. The van der Waals surface area contributed by atoms with E-state index in [0.29, 0.717) is 23.1 Å².